The average Bonchev–Trinajstić information content (AvgIpc) is 2.12. The summed E-state index contributed by atoms with van der Waals surface area (Å²) < 4.78 is 9.47. The van der Waals surface area contributed by atoms with Gasteiger partial charge in [0.25, 0.3) is 0 Å². The number of hydrogen-bond donors (Lipinski definition) is 1. The number of esters is 2. The highest BCUT2D eigenvalue weighted by atomic mass is 79.9. The van der Waals surface area contributed by atoms with Crippen LogP contribution in [0, 0.1) is 0 Å². The van der Waals surface area contributed by atoms with E-state index < -0.39 is 23.1 Å². The van der Waals surface area contributed by atoms with Crippen LogP contribution in [0.2, 0.25) is 0 Å². The van der Waals surface area contributed by atoms with Crippen LogP contribution in [0.3, 0.4) is 0 Å². The molecule has 1 unspecified atom stereocenters. The average molecular weight is 282 g/mol. The Bertz CT molecular complexity index is 261. The van der Waals surface area contributed by atoms with Crippen molar-refractivity contribution in [1.29, 1.82) is 0 Å². The van der Waals surface area contributed by atoms with E-state index in [1.165, 1.54) is 0 Å². The van der Waals surface area contributed by atoms with Gasteiger partial charge in [0.2, 0.25) is 5.54 Å². The third-order valence-electron chi connectivity index (χ3n) is 1.52. The van der Waals surface area contributed by atoms with Gasteiger partial charge in [0.15, 0.2) is 0 Å². The van der Waals surface area contributed by atoms with Crippen LogP contribution in [0.25, 0.3) is 0 Å². The summed E-state index contributed by atoms with van der Waals surface area (Å²) in [5.41, 5.74) is 3.12. The minimum atomic E-state index is -1.79. The lowest BCUT2D eigenvalue weighted by Crippen LogP contribution is -2.59. The minimum absolute atomic E-state index is 0.0540. The number of ether oxygens (including phenoxy) is 2. The molecule has 0 saturated heterocycles. The van der Waals surface area contributed by atoms with Crippen molar-refractivity contribution in [3.05, 3.63) is 0 Å². The lowest BCUT2D eigenvalue weighted by atomic mass is 10.0. The standard InChI is InChI=1S/C9H16BrNO4/c1-8(2,3)15-7(13)9(11,5-10)6(12)14-4/h5,11H2,1-4H3. The van der Waals surface area contributed by atoms with Gasteiger partial charge in [-0.05, 0) is 20.8 Å². The van der Waals surface area contributed by atoms with Crippen molar-refractivity contribution in [3.8, 4) is 0 Å². The van der Waals surface area contributed by atoms with Gasteiger partial charge in [-0.15, -0.1) is 0 Å². The summed E-state index contributed by atoms with van der Waals surface area (Å²) in [5, 5.41) is -0.0540. The molecule has 0 aromatic rings. The van der Waals surface area contributed by atoms with Crippen LogP contribution >= 0.6 is 15.9 Å². The monoisotopic (exact) mass is 281 g/mol. The summed E-state index contributed by atoms with van der Waals surface area (Å²) >= 11 is 2.99. The van der Waals surface area contributed by atoms with Crippen LogP contribution < -0.4 is 5.73 Å². The maximum atomic E-state index is 11.6. The molecule has 1 atom stereocenters. The molecule has 0 aliphatic rings. The van der Waals surface area contributed by atoms with E-state index in [1.54, 1.807) is 20.8 Å². The van der Waals surface area contributed by atoms with E-state index in [2.05, 4.69) is 20.7 Å². The van der Waals surface area contributed by atoms with Gasteiger partial charge in [-0.1, -0.05) is 15.9 Å². The van der Waals surface area contributed by atoms with Gasteiger partial charge in [0.1, 0.15) is 5.60 Å². The van der Waals surface area contributed by atoms with Gasteiger partial charge in [0, 0.05) is 5.33 Å². The molecule has 15 heavy (non-hydrogen) atoms. The quantitative estimate of drug-likeness (QED) is 0.465. The Hall–Kier alpha value is -0.620. The van der Waals surface area contributed by atoms with E-state index in [9.17, 15) is 9.59 Å². The van der Waals surface area contributed by atoms with Gasteiger partial charge < -0.3 is 15.2 Å². The third kappa shape index (κ3) is 3.79. The molecule has 0 saturated carbocycles. The van der Waals surface area contributed by atoms with Gasteiger partial charge in [-0.3, -0.25) is 0 Å². The smallest absolute Gasteiger partial charge is 0.339 e. The van der Waals surface area contributed by atoms with Crippen LogP contribution in [0.4, 0.5) is 0 Å². The van der Waals surface area contributed by atoms with Crippen molar-refractivity contribution in [2.45, 2.75) is 31.9 Å². The van der Waals surface area contributed by atoms with Crippen molar-refractivity contribution < 1.29 is 19.1 Å². The highest BCUT2D eigenvalue weighted by molar-refractivity contribution is 9.09. The summed E-state index contributed by atoms with van der Waals surface area (Å²) in [4.78, 5) is 22.9. The first kappa shape index (κ1) is 14.4. The molecule has 6 heteroatoms. The first-order valence-corrected chi connectivity index (χ1v) is 5.46. The van der Waals surface area contributed by atoms with Crippen molar-refractivity contribution in [2.75, 3.05) is 12.4 Å². The van der Waals surface area contributed by atoms with Crippen molar-refractivity contribution in [2.24, 2.45) is 5.73 Å². The predicted molar refractivity (Wildman–Crippen MR) is 58.6 cm³/mol. The van der Waals surface area contributed by atoms with E-state index >= 15 is 0 Å². The van der Waals surface area contributed by atoms with Crippen molar-refractivity contribution in [3.63, 3.8) is 0 Å². The number of carbonyl (C=O) groups excluding carboxylic acids is 2. The Kier molecular flexibility index (Phi) is 4.73. The SMILES string of the molecule is COC(=O)C(N)(CBr)C(=O)OC(C)(C)C. The number of halogens is 1. The summed E-state index contributed by atoms with van der Waals surface area (Å²) in [7, 11) is 1.16. The predicted octanol–water partition coefficient (Wildman–Crippen LogP) is 0.593. The maximum Gasteiger partial charge on any atom is 0.339 e. The summed E-state index contributed by atoms with van der Waals surface area (Å²) in [6.45, 7) is 5.07. The van der Waals surface area contributed by atoms with Gasteiger partial charge in [-0.2, -0.15) is 0 Å². The van der Waals surface area contributed by atoms with Crippen molar-refractivity contribution in [1.82, 2.24) is 0 Å². The molecule has 0 aliphatic carbocycles. The van der Waals surface area contributed by atoms with E-state index in [0.29, 0.717) is 0 Å². The molecule has 0 aromatic carbocycles. The fraction of sp³-hybridized carbons (Fsp3) is 0.778. The Morgan fingerprint density at radius 2 is 1.73 bits per heavy atom. The molecule has 0 bridgehead atoms. The molecule has 0 rings (SSSR count). The van der Waals surface area contributed by atoms with Gasteiger partial charge in [0.05, 0.1) is 7.11 Å². The molecule has 0 aromatic heterocycles. The van der Waals surface area contributed by atoms with Crippen LogP contribution in [0.5, 0.6) is 0 Å². The zero-order chi connectivity index (χ0) is 12.3. The fourth-order valence-electron chi connectivity index (χ4n) is 0.744. The normalized spacial score (nSPS) is 15.3. The second-order valence-corrected chi connectivity index (χ2v) is 4.66. The van der Waals surface area contributed by atoms with Crippen LogP contribution in [-0.2, 0) is 19.1 Å². The first-order chi connectivity index (χ1) is 6.67. The van der Waals surface area contributed by atoms with Crippen molar-refractivity contribution >= 4 is 27.9 Å². The van der Waals surface area contributed by atoms with E-state index in [4.69, 9.17) is 10.5 Å². The maximum absolute atomic E-state index is 11.6. The highest BCUT2D eigenvalue weighted by Crippen LogP contribution is 2.16. The van der Waals surface area contributed by atoms with E-state index in [0.717, 1.165) is 7.11 Å². The van der Waals surface area contributed by atoms with E-state index in [-0.39, 0.29) is 5.33 Å². The minimum Gasteiger partial charge on any atom is -0.467 e. The second-order valence-electron chi connectivity index (χ2n) is 4.10. The second kappa shape index (κ2) is 4.94. The van der Waals surface area contributed by atoms with Crippen LogP contribution in [0.1, 0.15) is 20.8 Å². The lowest BCUT2D eigenvalue weighted by Gasteiger charge is -2.27. The number of alkyl halides is 1. The molecule has 0 amide bonds. The topological polar surface area (TPSA) is 78.6 Å². The highest BCUT2D eigenvalue weighted by Gasteiger charge is 2.45. The molecule has 0 heterocycles. The first-order valence-electron chi connectivity index (χ1n) is 4.34. The molecule has 5 nitrogen and oxygen atoms in total. The Morgan fingerprint density at radius 3 is 2.00 bits per heavy atom. The Labute approximate surface area is 97.4 Å². The molecule has 2 N–H and O–H groups in total. The fourth-order valence-corrected chi connectivity index (χ4v) is 1.20. The Morgan fingerprint density at radius 1 is 1.27 bits per heavy atom. The summed E-state index contributed by atoms with van der Waals surface area (Å²) in [6, 6.07) is 0. The Balaban J connectivity index is 4.82. The molecule has 88 valence electrons. The number of nitrogens with two attached hydrogens (primary N) is 1. The molecular weight excluding hydrogens is 266 g/mol. The molecular formula is C9H16BrNO4. The summed E-state index contributed by atoms with van der Waals surface area (Å²) in [6.07, 6.45) is 0. The van der Waals surface area contributed by atoms with Crippen LogP contribution in [-0.4, -0.2) is 35.5 Å². The van der Waals surface area contributed by atoms with E-state index in [1.807, 2.05) is 0 Å². The third-order valence-corrected chi connectivity index (χ3v) is 2.41. The van der Waals surface area contributed by atoms with Gasteiger partial charge >= 0.3 is 11.9 Å². The molecule has 0 aliphatic heterocycles. The number of carbonyl (C=O) groups is 2. The lowest BCUT2D eigenvalue weighted by molar-refractivity contribution is -0.169. The van der Waals surface area contributed by atoms with Crippen LogP contribution in [0.15, 0.2) is 0 Å². The molecule has 0 fully saturated rings. The summed E-state index contributed by atoms with van der Waals surface area (Å²) in [5.74, 6) is -1.63. The number of hydrogen-bond acceptors (Lipinski definition) is 5. The zero-order valence-electron chi connectivity index (χ0n) is 9.30. The number of methoxy groups -OCH3 is 1. The molecule has 0 radical (unpaired) electrons. The molecule has 0 spiro atoms. The zero-order valence-corrected chi connectivity index (χ0v) is 10.9. The largest absolute Gasteiger partial charge is 0.467 e. The van der Waals surface area contributed by atoms with Gasteiger partial charge in [-0.25, -0.2) is 9.59 Å². The number of rotatable bonds is 3.